The number of aliphatic carboxylic acids is 1. The van der Waals surface area contributed by atoms with Crippen LogP contribution in [0.1, 0.15) is 24.8 Å². The largest absolute Gasteiger partial charge is 0.480 e. The second-order valence-corrected chi connectivity index (χ2v) is 4.88. The third-order valence-corrected chi connectivity index (χ3v) is 3.59. The molecule has 98 valence electrons. The maximum atomic E-state index is 11.0. The Morgan fingerprint density at radius 3 is 2.78 bits per heavy atom. The van der Waals surface area contributed by atoms with Crippen molar-refractivity contribution in [2.45, 2.75) is 37.9 Å². The second kappa shape index (κ2) is 5.98. The van der Waals surface area contributed by atoms with E-state index in [1.165, 1.54) is 5.56 Å². The fraction of sp³-hybridized carbons (Fsp3) is 0.500. The summed E-state index contributed by atoms with van der Waals surface area (Å²) in [6.45, 7) is 1.72. The Balaban J connectivity index is 2.06. The Kier molecular flexibility index (Phi) is 4.33. The molecule has 1 aliphatic heterocycles. The summed E-state index contributed by atoms with van der Waals surface area (Å²) < 4.78 is 0. The number of nitrogens with two attached hydrogens (primary N) is 1. The minimum Gasteiger partial charge on any atom is -0.480 e. The molecule has 1 fully saturated rings. The molecule has 2 atom stereocenters. The molecule has 4 nitrogen and oxygen atoms in total. The summed E-state index contributed by atoms with van der Waals surface area (Å²) in [5.74, 6) is -0.903. The summed E-state index contributed by atoms with van der Waals surface area (Å²) in [6.07, 6.45) is 3.06. The standard InChI is InChI=1S/C14H20N2O2/c15-13(14(17)18)12-8-4-5-9-16(12)10-11-6-2-1-3-7-11/h1-3,6-7,12-13H,4-5,8-10,15H2,(H,17,18). The predicted molar refractivity (Wildman–Crippen MR) is 70.1 cm³/mol. The molecular weight excluding hydrogens is 228 g/mol. The molecule has 4 heteroatoms. The SMILES string of the molecule is NC(C(=O)O)C1CCCCN1Cc1ccccc1. The molecule has 0 radical (unpaired) electrons. The fourth-order valence-corrected chi connectivity index (χ4v) is 2.60. The first kappa shape index (κ1) is 13.1. The molecular formula is C14H20N2O2. The molecule has 1 aliphatic rings. The number of rotatable bonds is 4. The van der Waals surface area contributed by atoms with Crippen LogP contribution < -0.4 is 5.73 Å². The van der Waals surface area contributed by atoms with E-state index in [9.17, 15) is 4.79 Å². The number of hydrogen-bond donors (Lipinski definition) is 2. The van der Waals surface area contributed by atoms with Crippen molar-refractivity contribution in [3.63, 3.8) is 0 Å². The van der Waals surface area contributed by atoms with E-state index >= 15 is 0 Å². The molecule has 1 aromatic rings. The fourth-order valence-electron chi connectivity index (χ4n) is 2.60. The van der Waals surface area contributed by atoms with Crippen LogP contribution in [-0.4, -0.2) is 34.6 Å². The third kappa shape index (κ3) is 3.09. The van der Waals surface area contributed by atoms with Gasteiger partial charge in [0.05, 0.1) is 0 Å². The normalized spacial score (nSPS) is 22.6. The van der Waals surface area contributed by atoms with E-state index in [2.05, 4.69) is 17.0 Å². The lowest BCUT2D eigenvalue weighted by atomic mass is 9.95. The van der Waals surface area contributed by atoms with E-state index in [0.717, 1.165) is 32.4 Å². The van der Waals surface area contributed by atoms with Crippen LogP contribution in [0.15, 0.2) is 30.3 Å². The van der Waals surface area contributed by atoms with E-state index in [4.69, 9.17) is 10.8 Å². The highest BCUT2D eigenvalue weighted by Crippen LogP contribution is 2.21. The topological polar surface area (TPSA) is 66.6 Å². The number of carboxylic acid groups (broad SMARTS) is 1. The molecule has 1 saturated heterocycles. The summed E-state index contributed by atoms with van der Waals surface area (Å²) in [7, 11) is 0. The van der Waals surface area contributed by atoms with Gasteiger partial charge in [0, 0.05) is 12.6 Å². The Morgan fingerprint density at radius 1 is 1.39 bits per heavy atom. The van der Waals surface area contributed by atoms with Crippen LogP contribution in [0, 0.1) is 0 Å². The minimum absolute atomic E-state index is 0.0449. The molecule has 0 spiro atoms. The van der Waals surface area contributed by atoms with Crippen LogP contribution >= 0.6 is 0 Å². The van der Waals surface area contributed by atoms with Crippen molar-refractivity contribution >= 4 is 5.97 Å². The zero-order valence-electron chi connectivity index (χ0n) is 10.5. The molecule has 0 amide bonds. The van der Waals surface area contributed by atoms with E-state index in [1.807, 2.05) is 18.2 Å². The maximum absolute atomic E-state index is 11.0. The van der Waals surface area contributed by atoms with Crippen molar-refractivity contribution in [2.75, 3.05) is 6.54 Å². The summed E-state index contributed by atoms with van der Waals surface area (Å²) >= 11 is 0. The molecule has 2 unspecified atom stereocenters. The highest BCUT2D eigenvalue weighted by atomic mass is 16.4. The van der Waals surface area contributed by atoms with Gasteiger partial charge in [0.1, 0.15) is 6.04 Å². The molecule has 0 aliphatic carbocycles. The van der Waals surface area contributed by atoms with Crippen LogP contribution in [0.3, 0.4) is 0 Å². The number of likely N-dealkylation sites (tertiary alicyclic amines) is 1. The summed E-state index contributed by atoms with van der Waals surface area (Å²) in [6, 6.07) is 9.30. The minimum atomic E-state index is -0.903. The average Bonchev–Trinajstić information content (AvgIpc) is 2.39. The lowest BCUT2D eigenvalue weighted by Crippen LogP contribution is -2.53. The number of benzene rings is 1. The predicted octanol–water partition coefficient (Wildman–Crippen LogP) is 1.45. The highest BCUT2D eigenvalue weighted by molar-refractivity contribution is 5.74. The summed E-state index contributed by atoms with van der Waals surface area (Å²) in [5, 5.41) is 9.07. The zero-order chi connectivity index (χ0) is 13.0. The van der Waals surface area contributed by atoms with Crippen LogP contribution in [-0.2, 0) is 11.3 Å². The van der Waals surface area contributed by atoms with Crippen molar-refractivity contribution in [1.82, 2.24) is 4.90 Å². The molecule has 1 aromatic carbocycles. The van der Waals surface area contributed by atoms with Gasteiger partial charge in [0.25, 0.3) is 0 Å². The smallest absolute Gasteiger partial charge is 0.322 e. The second-order valence-electron chi connectivity index (χ2n) is 4.88. The third-order valence-electron chi connectivity index (χ3n) is 3.59. The van der Waals surface area contributed by atoms with Gasteiger partial charge in [-0.25, -0.2) is 0 Å². The highest BCUT2D eigenvalue weighted by Gasteiger charge is 2.31. The van der Waals surface area contributed by atoms with Gasteiger partial charge in [0.15, 0.2) is 0 Å². The van der Waals surface area contributed by atoms with Crippen LogP contribution in [0.5, 0.6) is 0 Å². The van der Waals surface area contributed by atoms with Crippen LogP contribution in [0.25, 0.3) is 0 Å². The molecule has 18 heavy (non-hydrogen) atoms. The van der Waals surface area contributed by atoms with E-state index < -0.39 is 12.0 Å². The van der Waals surface area contributed by atoms with E-state index in [0.29, 0.717) is 0 Å². The first-order valence-electron chi connectivity index (χ1n) is 6.45. The van der Waals surface area contributed by atoms with Gasteiger partial charge in [-0.1, -0.05) is 36.8 Å². The summed E-state index contributed by atoms with van der Waals surface area (Å²) in [4.78, 5) is 13.3. The van der Waals surface area contributed by atoms with Gasteiger partial charge in [-0.15, -0.1) is 0 Å². The number of nitrogens with zero attached hydrogens (tertiary/aromatic N) is 1. The van der Waals surface area contributed by atoms with Gasteiger partial charge in [0.2, 0.25) is 0 Å². The monoisotopic (exact) mass is 248 g/mol. The first-order chi connectivity index (χ1) is 8.68. The van der Waals surface area contributed by atoms with Crippen molar-refractivity contribution in [2.24, 2.45) is 5.73 Å². The van der Waals surface area contributed by atoms with E-state index in [-0.39, 0.29) is 6.04 Å². The van der Waals surface area contributed by atoms with Crippen molar-refractivity contribution in [1.29, 1.82) is 0 Å². The van der Waals surface area contributed by atoms with E-state index in [1.54, 1.807) is 0 Å². The summed E-state index contributed by atoms with van der Waals surface area (Å²) in [5.41, 5.74) is 7.00. The van der Waals surface area contributed by atoms with Gasteiger partial charge < -0.3 is 10.8 Å². The van der Waals surface area contributed by atoms with Crippen molar-refractivity contribution < 1.29 is 9.90 Å². The molecule has 0 aromatic heterocycles. The van der Waals surface area contributed by atoms with Gasteiger partial charge in [-0.05, 0) is 24.9 Å². The van der Waals surface area contributed by atoms with Gasteiger partial charge in [-0.2, -0.15) is 0 Å². The molecule has 0 bridgehead atoms. The molecule has 2 rings (SSSR count). The Labute approximate surface area is 107 Å². The number of piperidine rings is 1. The Morgan fingerprint density at radius 2 is 2.11 bits per heavy atom. The average molecular weight is 248 g/mol. The Hall–Kier alpha value is -1.39. The quantitative estimate of drug-likeness (QED) is 0.846. The zero-order valence-corrected chi connectivity index (χ0v) is 10.5. The van der Waals surface area contributed by atoms with Crippen molar-refractivity contribution in [3.8, 4) is 0 Å². The van der Waals surface area contributed by atoms with Gasteiger partial charge >= 0.3 is 5.97 Å². The number of hydrogen-bond acceptors (Lipinski definition) is 3. The van der Waals surface area contributed by atoms with Gasteiger partial charge in [-0.3, -0.25) is 9.69 Å². The Bertz CT molecular complexity index is 394. The molecule has 3 N–H and O–H groups in total. The van der Waals surface area contributed by atoms with Crippen LogP contribution in [0.4, 0.5) is 0 Å². The lowest BCUT2D eigenvalue weighted by molar-refractivity contribution is -0.140. The molecule has 1 heterocycles. The van der Waals surface area contributed by atoms with Crippen LogP contribution in [0.2, 0.25) is 0 Å². The molecule has 0 saturated carbocycles. The van der Waals surface area contributed by atoms with Crippen molar-refractivity contribution in [3.05, 3.63) is 35.9 Å². The maximum Gasteiger partial charge on any atom is 0.322 e. The lowest BCUT2D eigenvalue weighted by Gasteiger charge is -2.37. The number of carboxylic acids is 1. The first-order valence-corrected chi connectivity index (χ1v) is 6.45. The number of carbonyl (C=O) groups is 1.